The highest BCUT2D eigenvalue weighted by Crippen LogP contribution is 2.30. The number of imidazole rings is 1. The smallest absolute Gasteiger partial charge is 0.251 e. The summed E-state index contributed by atoms with van der Waals surface area (Å²) in [7, 11) is 1.90. The average Bonchev–Trinajstić information content (AvgIpc) is 3.49. The fourth-order valence-corrected chi connectivity index (χ4v) is 4.41. The van der Waals surface area contributed by atoms with Gasteiger partial charge in [-0.15, -0.1) is 0 Å². The molecule has 4 atom stereocenters. The Bertz CT molecular complexity index is 1090. The van der Waals surface area contributed by atoms with Crippen LogP contribution in [-0.2, 0) is 21.4 Å². The second kappa shape index (κ2) is 9.89. The molecule has 0 spiro atoms. The van der Waals surface area contributed by atoms with Gasteiger partial charge in [0.25, 0.3) is 5.91 Å². The minimum absolute atomic E-state index is 0.101. The van der Waals surface area contributed by atoms with E-state index in [0.717, 1.165) is 11.3 Å². The molecule has 2 aliphatic heterocycles. The minimum atomic E-state index is -1.41. The number of halogens is 1. The molecule has 4 rings (SSSR count). The van der Waals surface area contributed by atoms with Crippen LogP contribution < -0.4 is 5.32 Å². The van der Waals surface area contributed by atoms with E-state index in [9.17, 15) is 18.8 Å². The van der Waals surface area contributed by atoms with E-state index in [1.165, 1.54) is 4.90 Å². The maximum atomic E-state index is 14.4. The number of hydrogen-bond donors (Lipinski definition) is 1. The van der Waals surface area contributed by atoms with Crippen LogP contribution in [0.2, 0.25) is 0 Å². The molecule has 0 bridgehead atoms. The maximum Gasteiger partial charge on any atom is 0.251 e. The van der Waals surface area contributed by atoms with Crippen LogP contribution in [-0.4, -0.2) is 69.6 Å². The Balaban J connectivity index is 1.45. The van der Waals surface area contributed by atoms with Gasteiger partial charge < -0.3 is 19.5 Å². The highest BCUT2D eigenvalue weighted by atomic mass is 19.1. The van der Waals surface area contributed by atoms with Crippen LogP contribution >= 0.6 is 0 Å². The van der Waals surface area contributed by atoms with Gasteiger partial charge in [0.15, 0.2) is 5.78 Å². The quantitative estimate of drug-likeness (QED) is 0.673. The number of nitrogens with zero attached hydrogens (tertiary/aromatic N) is 3. The molecule has 180 valence electrons. The van der Waals surface area contributed by atoms with E-state index in [2.05, 4.69) is 10.3 Å². The second-order valence-electron chi connectivity index (χ2n) is 9.23. The Morgan fingerprint density at radius 3 is 2.65 bits per heavy atom. The third-order valence-electron chi connectivity index (χ3n) is 6.19. The number of ketones is 1. The summed E-state index contributed by atoms with van der Waals surface area (Å²) in [6, 6.07) is 5.22. The third-order valence-corrected chi connectivity index (χ3v) is 6.19. The summed E-state index contributed by atoms with van der Waals surface area (Å²) in [6.07, 6.45) is 5.35. The molecule has 3 heterocycles. The number of carbonyl (C=O) groups is 3. The van der Waals surface area contributed by atoms with Crippen molar-refractivity contribution < 1.29 is 23.5 Å². The van der Waals surface area contributed by atoms with Crippen LogP contribution in [0.5, 0.6) is 0 Å². The molecule has 1 aromatic carbocycles. The first-order valence-corrected chi connectivity index (χ1v) is 11.4. The summed E-state index contributed by atoms with van der Waals surface area (Å²) in [4.78, 5) is 43.7. The van der Waals surface area contributed by atoms with Gasteiger partial charge >= 0.3 is 0 Å². The monoisotopic (exact) mass is 468 g/mol. The SMILES string of the molecule is CC(C)C[C@H](NC(=O)c1ccc(/C=C/c2cncn2C)cc1)C(=O)N1CC(F)[C@H]2OCC(=O)[C@H]21. The Hall–Kier alpha value is -3.33. The number of nitrogens with one attached hydrogen (secondary N) is 1. The summed E-state index contributed by atoms with van der Waals surface area (Å²) in [5.41, 5.74) is 2.26. The molecule has 2 saturated heterocycles. The Morgan fingerprint density at radius 1 is 1.26 bits per heavy atom. The number of amides is 2. The number of aromatic nitrogens is 2. The van der Waals surface area contributed by atoms with E-state index in [1.54, 1.807) is 24.7 Å². The Kier molecular flexibility index (Phi) is 6.92. The Morgan fingerprint density at radius 2 is 2.00 bits per heavy atom. The van der Waals surface area contributed by atoms with Crippen molar-refractivity contribution in [2.24, 2.45) is 13.0 Å². The van der Waals surface area contributed by atoms with Crippen molar-refractivity contribution >= 4 is 29.7 Å². The molecule has 34 heavy (non-hydrogen) atoms. The van der Waals surface area contributed by atoms with Crippen LogP contribution in [0.4, 0.5) is 4.39 Å². The Labute approximate surface area is 197 Å². The standard InChI is InChI=1S/C25H29FN4O4/c1-15(2)10-20(25(33)30-12-19(26)23-22(30)21(31)13-34-23)28-24(32)17-7-4-16(5-8-17)6-9-18-11-27-14-29(18)3/h4-9,11,14-15,19-20,22-23H,10,12-13H2,1-3H3,(H,28,32)/b9-6+/t19?,20-,22+,23+/m0/s1. The van der Waals surface area contributed by atoms with Crippen molar-refractivity contribution in [2.45, 2.75) is 44.6 Å². The summed E-state index contributed by atoms with van der Waals surface area (Å²) in [6.45, 7) is 3.47. The van der Waals surface area contributed by atoms with E-state index in [-0.39, 0.29) is 24.9 Å². The number of fused-ring (bicyclic) bond motifs is 1. The number of carbonyl (C=O) groups excluding carboxylic acids is 3. The highest BCUT2D eigenvalue weighted by molar-refractivity contribution is 5.99. The zero-order chi connectivity index (χ0) is 24.4. The maximum absolute atomic E-state index is 14.4. The molecule has 2 aromatic rings. The molecule has 2 amide bonds. The van der Waals surface area contributed by atoms with Crippen molar-refractivity contribution in [3.8, 4) is 0 Å². The van der Waals surface area contributed by atoms with E-state index >= 15 is 0 Å². The first kappa shape index (κ1) is 23.8. The third kappa shape index (κ3) is 4.94. The lowest BCUT2D eigenvalue weighted by molar-refractivity contribution is -0.138. The number of hydrogen-bond acceptors (Lipinski definition) is 5. The van der Waals surface area contributed by atoms with Crippen molar-refractivity contribution in [3.63, 3.8) is 0 Å². The van der Waals surface area contributed by atoms with Crippen molar-refractivity contribution in [1.82, 2.24) is 19.8 Å². The summed E-state index contributed by atoms with van der Waals surface area (Å²) in [5, 5.41) is 2.80. The molecular formula is C25H29FN4O4. The number of ether oxygens (including phenoxy) is 1. The fraction of sp³-hybridized carbons (Fsp3) is 0.440. The molecule has 9 heteroatoms. The van der Waals surface area contributed by atoms with Gasteiger partial charge in [-0.05, 0) is 36.1 Å². The number of likely N-dealkylation sites (tertiary alicyclic amines) is 1. The number of rotatable bonds is 7. The van der Waals surface area contributed by atoms with Gasteiger partial charge in [0.05, 0.1) is 24.8 Å². The van der Waals surface area contributed by atoms with E-state index in [4.69, 9.17) is 4.74 Å². The lowest BCUT2D eigenvalue weighted by Crippen LogP contribution is -2.52. The van der Waals surface area contributed by atoms with Crippen LogP contribution in [0.15, 0.2) is 36.8 Å². The average molecular weight is 469 g/mol. The van der Waals surface area contributed by atoms with E-state index in [0.29, 0.717) is 12.0 Å². The molecule has 2 aliphatic rings. The minimum Gasteiger partial charge on any atom is -0.365 e. The topological polar surface area (TPSA) is 93.5 Å². The lowest BCUT2D eigenvalue weighted by Gasteiger charge is -2.28. The van der Waals surface area contributed by atoms with Crippen molar-refractivity contribution in [1.29, 1.82) is 0 Å². The van der Waals surface area contributed by atoms with Crippen LogP contribution in [0, 0.1) is 5.92 Å². The summed E-state index contributed by atoms with van der Waals surface area (Å²) >= 11 is 0. The lowest BCUT2D eigenvalue weighted by atomic mass is 10.0. The highest BCUT2D eigenvalue weighted by Gasteiger charge is 2.53. The van der Waals surface area contributed by atoms with Crippen LogP contribution in [0.25, 0.3) is 12.2 Å². The first-order valence-electron chi connectivity index (χ1n) is 11.4. The van der Waals surface area contributed by atoms with E-state index < -0.39 is 36.2 Å². The predicted octanol–water partition coefficient (Wildman–Crippen LogP) is 2.25. The van der Waals surface area contributed by atoms with E-state index in [1.807, 2.05) is 49.7 Å². The molecule has 1 unspecified atom stereocenters. The predicted molar refractivity (Wildman–Crippen MR) is 124 cm³/mol. The van der Waals surface area contributed by atoms with Gasteiger partial charge in [-0.2, -0.15) is 0 Å². The fourth-order valence-electron chi connectivity index (χ4n) is 4.41. The van der Waals surface area contributed by atoms with Gasteiger partial charge in [0.2, 0.25) is 5.91 Å². The second-order valence-corrected chi connectivity index (χ2v) is 9.23. The van der Waals surface area contributed by atoms with Crippen LogP contribution in [0.1, 0.15) is 41.9 Å². The number of benzene rings is 1. The molecular weight excluding hydrogens is 439 g/mol. The van der Waals surface area contributed by atoms with Crippen LogP contribution in [0.3, 0.4) is 0 Å². The molecule has 0 saturated carbocycles. The molecule has 1 aromatic heterocycles. The normalized spacial score (nSPS) is 23.0. The first-order chi connectivity index (χ1) is 16.2. The van der Waals surface area contributed by atoms with Gasteiger partial charge in [-0.3, -0.25) is 14.4 Å². The molecule has 8 nitrogen and oxygen atoms in total. The molecule has 0 aliphatic carbocycles. The number of aryl methyl sites for hydroxylation is 1. The largest absolute Gasteiger partial charge is 0.365 e. The van der Waals surface area contributed by atoms with Gasteiger partial charge in [-0.25, -0.2) is 9.37 Å². The molecule has 2 fully saturated rings. The summed E-state index contributed by atoms with van der Waals surface area (Å²) < 4.78 is 21.5. The molecule has 0 radical (unpaired) electrons. The van der Waals surface area contributed by atoms with Crippen molar-refractivity contribution in [3.05, 3.63) is 53.6 Å². The van der Waals surface area contributed by atoms with Crippen molar-refractivity contribution in [2.75, 3.05) is 13.2 Å². The number of alkyl halides is 1. The summed E-state index contributed by atoms with van der Waals surface area (Å²) in [5.74, 6) is -1.05. The zero-order valence-electron chi connectivity index (χ0n) is 19.5. The van der Waals surface area contributed by atoms with Gasteiger partial charge in [0.1, 0.15) is 31.0 Å². The molecule has 1 N–H and O–H groups in total. The van der Waals surface area contributed by atoms with Gasteiger partial charge in [-0.1, -0.05) is 32.1 Å². The zero-order valence-corrected chi connectivity index (χ0v) is 19.5. The van der Waals surface area contributed by atoms with Gasteiger partial charge in [0, 0.05) is 12.6 Å². The number of Topliss-reactive ketones (excluding diaryl/α,β-unsaturated/α-hetero) is 1.